The van der Waals surface area contributed by atoms with Gasteiger partial charge in [-0.15, -0.1) is 0 Å². The van der Waals surface area contributed by atoms with Crippen molar-refractivity contribution >= 4 is 5.97 Å². The van der Waals surface area contributed by atoms with Crippen LogP contribution in [-0.4, -0.2) is 70.8 Å². The van der Waals surface area contributed by atoms with Gasteiger partial charge < -0.3 is 29.2 Å². The summed E-state index contributed by atoms with van der Waals surface area (Å²) in [5.74, 6) is -7.02. The number of ether oxygens (including phenoxy) is 4. The molecule has 7 atom stereocenters. The van der Waals surface area contributed by atoms with Gasteiger partial charge in [0.1, 0.15) is 0 Å². The molecule has 4 fully saturated rings. The van der Waals surface area contributed by atoms with Crippen molar-refractivity contribution in [1.82, 2.24) is 4.90 Å². The maximum Gasteiger partial charge on any atom is 0.340 e. The maximum atomic E-state index is 12.1. The third kappa shape index (κ3) is 1.98. The molecule has 150 valence electrons. The number of methoxy groups -OCH3 is 1. The zero-order chi connectivity index (χ0) is 19.2. The molecule has 5 heterocycles. The van der Waals surface area contributed by atoms with Crippen LogP contribution in [0.3, 0.4) is 0 Å². The fourth-order valence-electron chi connectivity index (χ4n) is 6.18. The Morgan fingerprint density at radius 3 is 2.74 bits per heavy atom. The summed E-state index contributed by atoms with van der Waals surface area (Å²) in [5, 5.41) is 22.9. The van der Waals surface area contributed by atoms with Crippen molar-refractivity contribution in [3.8, 4) is 0 Å². The van der Waals surface area contributed by atoms with Gasteiger partial charge in [0.15, 0.2) is 11.5 Å². The zero-order valence-corrected chi connectivity index (χ0v) is 15.9. The maximum absolute atomic E-state index is 12.1. The van der Waals surface area contributed by atoms with Crippen LogP contribution < -0.4 is 0 Å². The molecule has 27 heavy (non-hydrogen) atoms. The van der Waals surface area contributed by atoms with Crippen molar-refractivity contribution in [2.24, 2.45) is 11.8 Å². The average Bonchev–Trinajstić information content (AvgIpc) is 3.08. The first-order valence-electron chi connectivity index (χ1n) is 9.83. The predicted octanol–water partition coefficient (Wildman–Crippen LogP) is 0.477. The highest BCUT2D eigenvalue weighted by atomic mass is 16.8. The summed E-state index contributed by atoms with van der Waals surface area (Å²) in [5.41, 5.74) is 0.125. The molecule has 0 spiro atoms. The van der Waals surface area contributed by atoms with Crippen LogP contribution in [0, 0.1) is 11.8 Å². The van der Waals surface area contributed by atoms with Crippen molar-refractivity contribution in [3.63, 3.8) is 0 Å². The highest BCUT2D eigenvalue weighted by molar-refractivity contribution is 5.91. The van der Waals surface area contributed by atoms with Gasteiger partial charge in [0.2, 0.25) is 5.79 Å². The first kappa shape index (κ1) is 17.9. The largest absolute Gasteiger partial charge is 0.494 e. The summed E-state index contributed by atoms with van der Waals surface area (Å²) in [4.78, 5) is 14.6. The molecule has 8 heteroatoms. The average molecular weight is 381 g/mol. The molecule has 4 saturated heterocycles. The van der Waals surface area contributed by atoms with E-state index in [1.165, 1.54) is 14.0 Å². The van der Waals surface area contributed by atoms with Gasteiger partial charge in [0.05, 0.1) is 18.8 Å². The van der Waals surface area contributed by atoms with Crippen molar-refractivity contribution < 1.29 is 34.0 Å². The molecule has 5 aliphatic rings. The molecule has 0 saturated carbocycles. The molecule has 0 amide bonds. The zero-order valence-electron chi connectivity index (χ0n) is 15.9. The summed E-state index contributed by atoms with van der Waals surface area (Å²) in [6, 6.07) is 0.127. The van der Waals surface area contributed by atoms with Crippen LogP contribution in [0.5, 0.6) is 0 Å². The Bertz CT molecular complexity index is 719. The first-order valence-corrected chi connectivity index (χ1v) is 9.83. The third-order valence-electron chi connectivity index (χ3n) is 7.30. The molecule has 2 bridgehead atoms. The molecule has 2 N–H and O–H groups in total. The van der Waals surface area contributed by atoms with E-state index in [2.05, 4.69) is 4.90 Å². The molecule has 0 aromatic heterocycles. The molecule has 0 aromatic rings. The monoisotopic (exact) mass is 381 g/mol. The molecule has 2 unspecified atom stereocenters. The van der Waals surface area contributed by atoms with Crippen LogP contribution in [0.1, 0.15) is 39.5 Å². The van der Waals surface area contributed by atoms with E-state index in [0.717, 1.165) is 32.4 Å². The van der Waals surface area contributed by atoms with Crippen LogP contribution in [0.15, 0.2) is 11.3 Å². The van der Waals surface area contributed by atoms with Gasteiger partial charge in [-0.25, -0.2) is 4.79 Å². The Kier molecular flexibility index (Phi) is 3.61. The molecular weight excluding hydrogens is 354 g/mol. The van der Waals surface area contributed by atoms with E-state index in [4.69, 9.17) is 18.9 Å². The van der Waals surface area contributed by atoms with E-state index >= 15 is 0 Å². The molecular formula is C19H27NO7. The van der Waals surface area contributed by atoms with Crippen LogP contribution in [0.4, 0.5) is 0 Å². The second-order valence-electron chi connectivity index (χ2n) is 8.55. The summed E-state index contributed by atoms with van der Waals surface area (Å²) in [6.45, 7) is 5.32. The first-order chi connectivity index (χ1) is 12.8. The summed E-state index contributed by atoms with van der Waals surface area (Å²) in [6.07, 6.45) is 3.63. The number of carbonyl (C=O) groups excluding carboxylic acids is 1. The molecule has 0 aliphatic carbocycles. The SMILES string of the molecule is COC1=C(C)C(=O)OC1(O)C1(O)O[C@@]23CCCN4CCC[C@@H](O2)[C@H]4[C@H]3[C@@H]1C. The number of carbonyl (C=O) groups is 1. The Balaban J connectivity index is 1.59. The number of cyclic esters (lactones) is 1. The van der Waals surface area contributed by atoms with Gasteiger partial charge >= 0.3 is 11.8 Å². The molecule has 5 rings (SSSR count). The minimum Gasteiger partial charge on any atom is -0.494 e. The number of hydrogen-bond donors (Lipinski definition) is 2. The van der Waals surface area contributed by atoms with Crippen molar-refractivity contribution in [1.29, 1.82) is 0 Å². The number of piperidine rings is 1. The Morgan fingerprint density at radius 1 is 1.26 bits per heavy atom. The number of rotatable bonds is 2. The standard InChI is InChI=1S/C19H27NO7/c1-10-15(24-3)19(23,26-16(10)21)18(22)11(2)13-14-12-6-4-8-20(14)9-5-7-17(13,25-12)27-18/h11-14,22-23H,4-9H2,1-3H3/t11-,12+,13+,14-,17+,18?,19?/m0/s1. The minimum absolute atomic E-state index is 0.0657. The van der Waals surface area contributed by atoms with Crippen LogP contribution >= 0.6 is 0 Å². The normalized spacial score (nSPS) is 52.0. The van der Waals surface area contributed by atoms with Crippen LogP contribution in [0.25, 0.3) is 0 Å². The van der Waals surface area contributed by atoms with E-state index in [1.54, 1.807) is 0 Å². The van der Waals surface area contributed by atoms with Gasteiger partial charge in [0.25, 0.3) is 0 Å². The second-order valence-corrected chi connectivity index (χ2v) is 8.55. The number of aliphatic hydroxyl groups is 2. The van der Waals surface area contributed by atoms with E-state index in [0.29, 0.717) is 6.42 Å². The molecule has 5 aliphatic heterocycles. The number of esters is 1. The summed E-state index contributed by atoms with van der Waals surface area (Å²) in [7, 11) is 1.34. The molecule has 0 aromatic carbocycles. The van der Waals surface area contributed by atoms with Crippen LogP contribution in [0.2, 0.25) is 0 Å². The number of hydrogen-bond acceptors (Lipinski definition) is 8. The lowest BCUT2D eigenvalue weighted by Crippen LogP contribution is -2.62. The summed E-state index contributed by atoms with van der Waals surface area (Å²) >= 11 is 0. The van der Waals surface area contributed by atoms with E-state index < -0.39 is 29.2 Å². The van der Waals surface area contributed by atoms with E-state index in [-0.39, 0.29) is 29.4 Å². The van der Waals surface area contributed by atoms with Gasteiger partial charge in [-0.1, -0.05) is 6.92 Å². The highest BCUT2D eigenvalue weighted by Gasteiger charge is 2.78. The minimum atomic E-state index is -2.39. The number of nitrogens with zero attached hydrogens (tertiary/aromatic N) is 1. The fraction of sp³-hybridized carbons (Fsp3) is 0.842. The smallest absolute Gasteiger partial charge is 0.340 e. The highest BCUT2D eigenvalue weighted by Crippen LogP contribution is 2.62. The second kappa shape index (κ2) is 5.45. The predicted molar refractivity (Wildman–Crippen MR) is 90.9 cm³/mol. The van der Waals surface area contributed by atoms with Gasteiger partial charge in [-0.3, -0.25) is 4.90 Å². The fourth-order valence-corrected chi connectivity index (χ4v) is 6.18. The lowest BCUT2D eigenvalue weighted by molar-refractivity contribution is -0.404. The lowest BCUT2D eigenvalue weighted by Gasteiger charge is -2.44. The summed E-state index contributed by atoms with van der Waals surface area (Å²) < 4.78 is 23.1. The van der Waals surface area contributed by atoms with Crippen molar-refractivity contribution in [2.75, 3.05) is 20.2 Å². The topological polar surface area (TPSA) is 97.7 Å². The molecule has 0 radical (unpaired) electrons. The van der Waals surface area contributed by atoms with Gasteiger partial charge in [-0.05, 0) is 39.3 Å². The Labute approximate surface area is 158 Å². The quantitative estimate of drug-likeness (QED) is 0.667. The van der Waals surface area contributed by atoms with Crippen molar-refractivity contribution in [3.05, 3.63) is 11.3 Å². The van der Waals surface area contributed by atoms with Crippen molar-refractivity contribution in [2.45, 2.75) is 69.0 Å². The third-order valence-corrected chi connectivity index (χ3v) is 7.30. The van der Waals surface area contributed by atoms with Crippen LogP contribution in [-0.2, 0) is 23.7 Å². The van der Waals surface area contributed by atoms with E-state index in [9.17, 15) is 15.0 Å². The van der Waals surface area contributed by atoms with Gasteiger partial charge in [-0.2, -0.15) is 0 Å². The van der Waals surface area contributed by atoms with Gasteiger partial charge in [0, 0.05) is 24.3 Å². The Morgan fingerprint density at radius 2 is 2.00 bits per heavy atom. The van der Waals surface area contributed by atoms with E-state index in [1.807, 2.05) is 6.92 Å². The lowest BCUT2D eigenvalue weighted by atomic mass is 9.75. The Hall–Kier alpha value is -1.19. The molecule has 8 nitrogen and oxygen atoms in total.